The van der Waals surface area contributed by atoms with Gasteiger partial charge in [-0.15, -0.1) is 0 Å². The Hall–Kier alpha value is -1.96. The summed E-state index contributed by atoms with van der Waals surface area (Å²) >= 11 is 0. The maximum atomic E-state index is 11.1. The molecule has 0 bridgehead atoms. The van der Waals surface area contributed by atoms with Crippen molar-refractivity contribution >= 4 is 17.9 Å². The number of ether oxygens (including phenoxy) is 1. The number of nitrogens with zero attached hydrogens (tertiary/aromatic N) is 4. The fourth-order valence-electron chi connectivity index (χ4n) is 1.76. The molecule has 2 N–H and O–H groups in total. The number of hydrogen-bond acceptors (Lipinski definition) is 7. The van der Waals surface area contributed by atoms with Gasteiger partial charge in [-0.3, -0.25) is 0 Å². The van der Waals surface area contributed by atoms with Crippen LogP contribution in [0.3, 0.4) is 0 Å². The number of carboxylic acids is 1. The largest absolute Gasteiger partial charge is 0.475 e. The van der Waals surface area contributed by atoms with Crippen molar-refractivity contribution in [2.45, 2.75) is 26.3 Å². The molecule has 0 saturated carbocycles. The molecule has 0 aromatic carbocycles. The zero-order valence-electron chi connectivity index (χ0n) is 11.9. The first-order valence-electron chi connectivity index (χ1n) is 6.45. The van der Waals surface area contributed by atoms with E-state index in [9.17, 15) is 4.79 Å². The number of carboxylic acid groups (broad SMARTS) is 1. The van der Waals surface area contributed by atoms with Gasteiger partial charge in [-0.2, -0.15) is 15.0 Å². The Bertz CT molecular complexity index is 494. The highest BCUT2D eigenvalue weighted by Gasteiger charge is 2.20. The van der Waals surface area contributed by atoms with Crippen LogP contribution in [0.1, 0.15) is 31.4 Å². The zero-order valence-corrected chi connectivity index (χ0v) is 11.9. The summed E-state index contributed by atoms with van der Waals surface area (Å²) in [5.74, 6) is -0.786. The lowest BCUT2D eigenvalue weighted by Gasteiger charge is -2.27. The molecule has 2 heterocycles. The smallest absolute Gasteiger partial charge is 0.374 e. The van der Waals surface area contributed by atoms with Gasteiger partial charge >= 0.3 is 5.97 Å². The number of aromatic carboxylic acids is 1. The van der Waals surface area contributed by atoms with Crippen LogP contribution in [-0.2, 0) is 4.74 Å². The summed E-state index contributed by atoms with van der Waals surface area (Å²) in [7, 11) is 0. The molecule has 0 radical (unpaired) electrons. The van der Waals surface area contributed by atoms with Gasteiger partial charge in [0, 0.05) is 18.6 Å². The van der Waals surface area contributed by atoms with E-state index in [0.717, 1.165) is 0 Å². The summed E-state index contributed by atoms with van der Waals surface area (Å²) in [6.07, 6.45) is 0. The normalized spacial score (nSPS) is 16.1. The molecular weight excluding hydrogens is 262 g/mol. The number of nitrogens with one attached hydrogen (secondary N) is 1. The number of morpholine rings is 1. The summed E-state index contributed by atoms with van der Waals surface area (Å²) in [4.78, 5) is 25.2. The van der Waals surface area contributed by atoms with Crippen LogP contribution in [0.25, 0.3) is 0 Å². The van der Waals surface area contributed by atoms with Crippen LogP contribution in [-0.4, -0.2) is 57.9 Å². The number of anilines is 2. The van der Waals surface area contributed by atoms with Gasteiger partial charge in [-0.25, -0.2) is 4.79 Å². The van der Waals surface area contributed by atoms with Crippen molar-refractivity contribution < 1.29 is 14.6 Å². The second kappa shape index (κ2) is 5.58. The lowest BCUT2D eigenvalue weighted by Crippen LogP contribution is -2.38. The number of rotatable bonds is 3. The molecule has 8 nitrogen and oxygen atoms in total. The predicted octanol–water partition coefficient (Wildman–Crippen LogP) is 0.617. The van der Waals surface area contributed by atoms with Crippen LogP contribution in [0.2, 0.25) is 0 Å². The second-order valence-electron chi connectivity index (χ2n) is 5.56. The lowest BCUT2D eigenvalue weighted by molar-refractivity contribution is 0.0683. The van der Waals surface area contributed by atoms with Gasteiger partial charge in [0.2, 0.25) is 17.7 Å². The van der Waals surface area contributed by atoms with E-state index < -0.39 is 5.97 Å². The van der Waals surface area contributed by atoms with Gasteiger partial charge in [0.25, 0.3) is 0 Å². The predicted molar refractivity (Wildman–Crippen MR) is 73.2 cm³/mol. The molecule has 0 amide bonds. The third kappa shape index (κ3) is 3.77. The zero-order chi connectivity index (χ0) is 14.8. The number of hydrogen-bond donors (Lipinski definition) is 2. The molecule has 1 saturated heterocycles. The standard InChI is InChI=1S/C12H19N5O3/c1-12(2,3)16-10-13-8(9(18)19)14-11(15-10)17-4-6-20-7-5-17/h4-7H2,1-3H3,(H,18,19)(H,13,14,15,16). The van der Waals surface area contributed by atoms with Gasteiger partial charge in [-0.05, 0) is 20.8 Å². The minimum absolute atomic E-state index is 0.256. The van der Waals surface area contributed by atoms with Crippen LogP contribution in [0.5, 0.6) is 0 Å². The van der Waals surface area contributed by atoms with E-state index in [-0.39, 0.29) is 17.3 Å². The van der Waals surface area contributed by atoms with E-state index in [4.69, 9.17) is 9.84 Å². The summed E-state index contributed by atoms with van der Waals surface area (Å²) in [6.45, 7) is 8.28. The number of carbonyl (C=O) groups is 1. The monoisotopic (exact) mass is 281 g/mol. The van der Waals surface area contributed by atoms with E-state index >= 15 is 0 Å². The summed E-state index contributed by atoms with van der Waals surface area (Å²) in [5.41, 5.74) is -0.264. The molecule has 0 unspecified atom stereocenters. The summed E-state index contributed by atoms with van der Waals surface area (Å²) in [5, 5.41) is 12.2. The van der Waals surface area contributed by atoms with Crippen molar-refractivity contribution in [2.24, 2.45) is 0 Å². The van der Waals surface area contributed by atoms with Gasteiger partial charge in [0.1, 0.15) is 0 Å². The first kappa shape index (κ1) is 14.4. The molecule has 0 aliphatic carbocycles. The average Bonchev–Trinajstić information content (AvgIpc) is 2.37. The molecular formula is C12H19N5O3. The molecule has 8 heteroatoms. The quantitative estimate of drug-likeness (QED) is 0.831. The third-order valence-corrected chi connectivity index (χ3v) is 2.60. The van der Waals surface area contributed by atoms with Crippen LogP contribution < -0.4 is 10.2 Å². The van der Waals surface area contributed by atoms with Gasteiger partial charge in [0.05, 0.1) is 13.2 Å². The van der Waals surface area contributed by atoms with E-state index in [2.05, 4.69) is 20.3 Å². The maximum absolute atomic E-state index is 11.1. The van der Waals surface area contributed by atoms with Gasteiger partial charge in [0.15, 0.2) is 0 Å². The van der Waals surface area contributed by atoms with Crippen molar-refractivity contribution in [3.8, 4) is 0 Å². The Kier molecular flexibility index (Phi) is 4.03. The average molecular weight is 281 g/mol. The molecule has 1 aliphatic heterocycles. The van der Waals surface area contributed by atoms with E-state index in [1.165, 1.54) is 0 Å². The third-order valence-electron chi connectivity index (χ3n) is 2.60. The molecule has 20 heavy (non-hydrogen) atoms. The van der Waals surface area contributed by atoms with Crippen molar-refractivity contribution in [3.63, 3.8) is 0 Å². The molecule has 0 spiro atoms. The van der Waals surface area contributed by atoms with Gasteiger partial charge < -0.3 is 20.1 Å². The Morgan fingerprint density at radius 1 is 1.25 bits per heavy atom. The first-order valence-corrected chi connectivity index (χ1v) is 6.45. The highest BCUT2D eigenvalue weighted by Crippen LogP contribution is 2.15. The van der Waals surface area contributed by atoms with Crippen LogP contribution in [0.15, 0.2) is 0 Å². The maximum Gasteiger partial charge on any atom is 0.374 e. The van der Waals surface area contributed by atoms with Crippen molar-refractivity contribution in [2.75, 3.05) is 36.5 Å². The molecule has 1 fully saturated rings. The minimum Gasteiger partial charge on any atom is -0.475 e. The SMILES string of the molecule is CC(C)(C)Nc1nc(C(=O)O)nc(N2CCOCC2)n1. The Morgan fingerprint density at radius 3 is 2.45 bits per heavy atom. The van der Waals surface area contributed by atoms with Gasteiger partial charge in [-0.1, -0.05) is 0 Å². The Labute approximate surface area is 117 Å². The molecule has 0 atom stereocenters. The topological polar surface area (TPSA) is 100 Å². The van der Waals surface area contributed by atoms with E-state index in [1.54, 1.807) is 0 Å². The van der Waals surface area contributed by atoms with Crippen molar-refractivity contribution in [3.05, 3.63) is 5.82 Å². The van der Waals surface area contributed by atoms with E-state index in [1.807, 2.05) is 25.7 Å². The minimum atomic E-state index is -1.17. The van der Waals surface area contributed by atoms with Crippen LogP contribution >= 0.6 is 0 Å². The number of aromatic nitrogens is 3. The molecule has 1 aliphatic rings. The fraction of sp³-hybridized carbons (Fsp3) is 0.667. The first-order chi connectivity index (χ1) is 9.35. The Balaban J connectivity index is 2.32. The Morgan fingerprint density at radius 2 is 1.90 bits per heavy atom. The molecule has 2 rings (SSSR count). The fourth-order valence-corrected chi connectivity index (χ4v) is 1.76. The lowest BCUT2D eigenvalue weighted by atomic mass is 10.1. The van der Waals surface area contributed by atoms with Crippen LogP contribution in [0, 0.1) is 0 Å². The van der Waals surface area contributed by atoms with Crippen molar-refractivity contribution in [1.29, 1.82) is 0 Å². The van der Waals surface area contributed by atoms with Crippen LogP contribution in [0.4, 0.5) is 11.9 Å². The second-order valence-corrected chi connectivity index (χ2v) is 5.56. The highest BCUT2D eigenvalue weighted by atomic mass is 16.5. The summed E-state index contributed by atoms with van der Waals surface area (Å²) in [6, 6.07) is 0. The highest BCUT2D eigenvalue weighted by molar-refractivity contribution is 5.83. The summed E-state index contributed by atoms with van der Waals surface area (Å²) < 4.78 is 5.26. The van der Waals surface area contributed by atoms with E-state index in [0.29, 0.717) is 32.3 Å². The van der Waals surface area contributed by atoms with Crippen molar-refractivity contribution in [1.82, 2.24) is 15.0 Å². The molecule has 110 valence electrons. The molecule has 1 aromatic heterocycles. The molecule has 1 aromatic rings.